The molecule has 20 heavy (non-hydrogen) atoms. The molecule has 2 rings (SSSR count). The van der Waals surface area contributed by atoms with Crippen LogP contribution in [0.25, 0.3) is 0 Å². The highest BCUT2D eigenvalue weighted by atomic mass is 16.3. The molecule has 0 bridgehead atoms. The number of nitrogens with one attached hydrogen (secondary N) is 1. The zero-order valence-electron chi connectivity index (χ0n) is 11.8. The van der Waals surface area contributed by atoms with Gasteiger partial charge >= 0.3 is 0 Å². The van der Waals surface area contributed by atoms with E-state index in [9.17, 15) is 4.79 Å². The van der Waals surface area contributed by atoms with Crippen molar-refractivity contribution in [3.8, 4) is 0 Å². The maximum atomic E-state index is 11.8. The predicted molar refractivity (Wildman–Crippen MR) is 79.1 cm³/mol. The third-order valence-electron chi connectivity index (χ3n) is 3.02. The maximum absolute atomic E-state index is 11.8. The fourth-order valence-electron chi connectivity index (χ4n) is 1.80. The monoisotopic (exact) mass is 273 g/mol. The van der Waals surface area contributed by atoms with E-state index in [0.717, 1.165) is 25.1 Å². The van der Waals surface area contributed by atoms with Crippen molar-refractivity contribution in [2.24, 2.45) is 0 Å². The van der Waals surface area contributed by atoms with Crippen LogP contribution in [0.2, 0.25) is 0 Å². The van der Waals surface area contributed by atoms with Gasteiger partial charge in [0.25, 0.3) is 5.91 Å². The first kappa shape index (κ1) is 14.1. The van der Waals surface area contributed by atoms with Crippen LogP contribution in [-0.4, -0.2) is 24.5 Å². The number of carbonyl (C=O) groups excluding carboxylic acids is 1. The average molecular weight is 273 g/mol. The Bertz CT molecular complexity index is 535. The summed E-state index contributed by atoms with van der Waals surface area (Å²) < 4.78 is 5.03. The highest BCUT2D eigenvalue weighted by Gasteiger charge is 2.09. The lowest BCUT2D eigenvalue weighted by Crippen LogP contribution is -2.18. The number of unbranched alkanes of at least 4 members (excludes halogenated alkanes) is 1. The highest BCUT2D eigenvalue weighted by Crippen LogP contribution is 2.15. The molecule has 0 radical (unpaired) electrons. The Morgan fingerprint density at radius 1 is 1.40 bits per heavy atom. The molecule has 5 nitrogen and oxygen atoms in total. The van der Waals surface area contributed by atoms with Gasteiger partial charge in [-0.2, -0.15) is 0 Å². The van der Waals surface area contributed by atoms with E-state index in [1.54, 1.807) is 24.4 Å². The van der Waals surface area contributed by atoms with Gasteiger partial charge in [-0.15, -0.1) is 0 Å². The van der Waals surface area contributed by atoms with Gasteiger partial charge in [0.05, 0.1) is 18.1 Å². The normalized spacial score (nSPS) is 10.3. The number of rotatable bonds is 6. The molecule has 0 aliphatic carbocycles. The van der Waals surface area contributed by atoms with Gasteiger partial charge in [0.15, 0.2) is 5.76 Å². The summed E-state index contributed by atoms with van der Waals surface area (Å²) in [5.41, 5.74) is 1.04. The smallest absolute Gasteiger partial charge is 0.292 e. The van der Waals surface area contributed by atoms with Crippen molar-refractivity contribution in [2.75, 3.05) is 23.8 Å². The molecule has 106 valence electrons. The number of aromatic nitrogens is 1. The molecule has 0 saturated heterocycles. The molecule has 0 unspecified atom stereocenters. The van der Waals surface area contributed by atoms with Crippen LogP contribution in [0.15, 0.2) is 41.1 Å². The topological polar surface area (TPSA) is 58.4 Å². The van der Waals surface area contributed by atoms with Gasteiger partial charge in [-0.05, 0) is 30.7 Å². The van der Waals surface area contributed by atoms with E-state index >= 15 is 0 Å². The molecular formula is C15H19N3O2. The van der Waals surface area contributed by atoms with Gasteiger partial charge in [-0.1, -0.05) is 13.3 Å². The van der Waals surface area contributed by atoms with E-state index in [2.05, 4.69) is 22.1 Å². The molecule has 1 amide bonds. The summed E-state index contributed by atoms with van der Waals surface area (Å²) in [6.45, 7) is 3.16. The summed E-state index contributed by atoms with van der Waals surface area (Å²) in [5, 5.41) is 2.69. The number of amides is 1. The van der Waals surface area contributed by atoms with E-state index in [1.807, 2.05) is 13.1 Å². The lowest BCUT2D eigenvalue weighted by atomic mass is 10.3. The fraction of sp³-hybridized carbons (Fsp3) is 0.333. The van der Waals surface area contributed by atoms with E-state index < -0.39 is 0 Å². The number of nitrogens with zero attached hydrogens (tertiary/aromatic N) is 2. The summed E-state index contributed by atoms with van der Waals surface area (Å²) in [5.74, 6) is 0.490. The van der Waals surface area contributed by atoms with Gasteiger partial charge in [0.1, 0.15) is 5.82 Å². The minimum Gasteiger partial charge on any atom is -0.459 e. The van der Waals surface area contributed by atoms with Crippen molar-refractivity contribution in [3.05, 3.63) is 42.5 Å². The van der Waals surface area contributed by atoms with Crippen LogP contribution in [0.3, 0.4) is 0 Å². The van der Waals surface area contributed by atoms with Crippen molar-refractivity contribution in [1.29, 1.82) is 0 Å². The lowest BCUT2D eigenvalue weighted by Gasteiger charge is -2.18. The second-order valence-electron chi connectivity index (χ2n) is 4.61. The standard InChI is InChI=1S/C15H19N3O2/c1-3-4-9-18(2)12-7-8-14(16-11-12)17-15(19)13-6-5-10-20-13/h5-8,10-11H,3-4,9H2,1-2H3,(H,16,17,19). The largest absolute Gasteiger partial charge is 0.459 e. The molecule has 2 aromatic rings. The Morgan fingerprint density at radius 3 is 2.85 bits per heavy atom. The van der Waals surface area contributed by atoms with Crippen LogP contribution in [0.4, 0.5) is 11.5 Å². The zero-order valence-corrected chi connectivity index (χ0v) is 11.8. The third kappa shape index (κ3) is 3.60. The van der Waals surface area contributed by atoms with Crippen LogP contribution in [0, 0.1) is 0 Å². The Kier molecular flexibility index (Phi) is 4.76. The first-order valence-electron chi connectivity index (χ1n) is 6.72. The predicted octanol–water partition coefficient (Wildman–Crippen LogP) is 3.16. The average Bonchev–Trinajstić information content (AvgIpc) is 3.00. The summed E-state index contributed by atoms with van der Waals surface area (Å²) in [6.07, 6.45) is 5.53. The molecule has 1 N–H and O–H groups in total. The minimum absolute atomic E-state index is 0.274. The Hall–Kier alpha value is -2.30. The van der Waals surface area contributed by atoms with Gasteiger partial charge in [0.2, 0.25) is 0 Å². The molecule has 0 fully saturated rings. The second-order valence-corrected chi connectivity index (χ2v) is 4.61. The number of pyridine rings is 1. The summed E-state index contributed by atoms with van der Waals surface area (Å²) >= 11 is 0. The fourth-order valence-corrected chi connectivity index (χ4v) is 1.80. The zero-order chi connectivity index (χ0) is 14.4. The summed E-state index contributed by atoms with van der Waals surface area (Å²) in [4.78, 5) is 18.2. The van der Waals surface area contributed by atoms with Crippen LogP contribution in [0.5, 0.6) is 0 Å². The van der Waals surface area contributed by atoms with Crippen molar-refractivity contribution in [1.82, 2.24) is 4.98 Å². The van der Waals surface area contributed by atoms with E-state index in [0.29, 0.717) is 5.82 Å². The first-order valence-corrected chi connectivity index (χ1v) is 6.72. The molecule has 2 aromatic heterocycles. The summed E-state index contributed by atoms with van der Waals surface area (Å²) in [7, 11) is 2.04. The number of anilines is 2. The Balaban J connectivity index is 1.96. The van der Waals surface area contributed by atoms with E-state index in [-0.39, 0.29) is 11.7 Å². The molecule has 0 aliphatic heterocycles. The second kappa shape index (κ2) is 6.75. The molecule has 5 heteroatoms. The molecular weight excluding hydrogens is 254 g/mol. The summed E-state index contributed by atoms with van der Waals surface area (Å²) in [6, 6.07) is 7.02. The highest BCUT2D eigenvalue weighted by molar-refractivity contribution is 6.01. The number of hydrogen-bond acceptors (Lipinski definition) is 4. The number of carbonyl (C=O) groups is 1. The number of hydrogen-bond donors (Lipinski definition) is 1. The van der Waals surface area contributed by atoms with Crippen molar-refractivity contribution in [3.63, 3.8) is 0 Å². The quantitative estimate of drug-likeness (QED) is 0.878. The molecule has 0 aromatic carbocycles. The van der Waals surface area contributed by atoms with Crippen molar-refractivity contribution >= 4 is 17.4 Å². The lowest BCUT2D eigenvalue weighted by molar-refractivity contribution is 0.0996. The third-order valence-corrected chi connectivity index (χ3v) is 3.02. The SMILES string of the molecule is CCCCN(C)c1ccc(NC(=O)c2ccco2)nc1. The van der Waals surface area contributed by atoms with Crippen LogP contribution in [-0.2, 0) is 0 Å². The molecule has 0 atom stereocenters. The molecule has 0 saturated carbocycles. The molecule has 2 heterocycles. The number of furan rings is 1. The van der Waals surface area contributed by atoms with Crippen LogP contribution < -0.4 is 10.2 Å². The van der Waals surface area contributed by atoms with Gasteiger partial charge in [-0.3, -0.25) is 4.79 Å². The molecule has 0 aliphatic rings. The Labute approximate surface area is 118 Å². The van der Waals surface area contributed by atoms with Crippen LogP contribution >= 0.6 is 0 Å². The van der Waals surface area contributed by atoms with E-state index in [4.69, 9.17) is 4.42 Å². The van der Waals surface area contributed by atoms with Crippen molar-refractivity contribution in [2.45, 2.75) is 19.8 Å². The maximum Gasteiger partial charge on any atom is 0.292 e. The van der Waals surface area contributed by atoms with Crippen molar-refractivity contribution < 1.29 is 9.21 Å². The first-order chi connectivity index (χ1) is 9.70. The van der Waals surface area contributed by atoms with Gasteiger partial charge in [0, 0.05) is 13.6 Å². The van der Waals surface area contributed by atoms with Crippen LogP contribution in [0.1, 0.15) is 30.3 Å². The minimum atomic E-state index is -0.297. The van der Waals surface area contributed by atoms with Gasteiger partial charge < -0.3 is 14.6 Å². The molecule has 0 spiro atoms. The Morgan fingerprint density at radius 2 is 2.25 bits per heavy atom. The van der Waals surface area contributed by atoms with E-state index in [1.165, 1.54) is 6.26 Å². The van der Waals surface area contributed by atoms with Gasteiger partial charge in [-0.25, -0.2) is 4.98 Å².